The third-order valence-electron chi connectivity index (χ3n) is 5.85. The minimum atomic E-state index is -5.08. The summed E-state index contributed by atoms with van der Waals surface area (Å²) in [6.07, 6.45) is -1.30. The number of alkyl halides is 3. The lowest BCUT2D eigenvalue weighted by atomic mass is 9.98. The number of nitrogens with one attached hydrogen (secondary N) is 3. The summed E-state index contributed by atoms with van der Waals surface area (Å²) in [5.74, 6) is -1.94. The molecule has 0 unspecified atom stereocenters. The smallest absolute Gasteiger partial charge is 0.475 e. The van der Waals surface area contributed by atoms with Crippen molar-refractivity contribution in [2.24, 2.45) is 10.7 Å². The van der Waals surface area contributed by atoms with Crippen molar-refractivity contribution in [3.63, 3.8) is 0 Å². The van der Waals surface area contributed by atoms with Gasteiger partial charge in [0.15, 0.2) is 11.9 Å². The number of carbonyl (C=O) groups excluding carboxylic acids is 1. The van der Waals surface area contributed by atoms with Crippen LogP contribution < -0.4 is 16.4 Å². The average Bonchev–Trinajstić information content (AvgIpc) is 2.91. The van der Waals surface area contributed by atoms with Crippen molar-refractivity contribution in [3.8, 4) is 0 Å². The molecule has 1 amide bonds. The molecule has 3 rings (SSSR count). The zero-order valence-corrected chi connectivity index (χ0v) is 22.5. The summed E-state index contributed by atoms with van der Waals surface area (Å²) in [7, 11) is 5.68. The van der Waals surface area contributed by atoms with Crippen molar-refractivity contribution in [1.29, 1.82) is 5.41 Å². The first-order chi connectivity index (χ1) is 18.8. The van der Waals surface area contributed by atoms with E-state index in [1.807, 2.05) is 72.4 Å². The molecule has 1 heterocycles. The minimum absolute atomic E-state index is 0.103. The van der Waals surface area contributed by atoms with Gasteiger partial charge in [0.1, 0.15) is 0 Å². The first-order valence-corrected chi connectivity index (χ1v) is 12.3. The van der Waals surface area contributed by atoms with Crippen LogP contribution in [0.3, 0.4) is 0 Å². The van der Waals surface area contributed by atoms with E-state index in [2.05, 4.69) is 21.7 Å². The third-order valence-corrected chi connectivity index (χ3v) is 5.85. The van der Waals surface area contributed by atoms with Crippen LogP contribution in [0.2, 0.25) is 0 Å². The molecule has 2 aromatic carbocycles. The molecule has 40 heavy (non-hydrogen) atoms. The summed E-state index contributed by atoms with van der Waals surface area (Å²) in [6.45, 7) is 2.16. The highest BCUT2D eigenvalue weighted by molar-refractivity contribution is 6.04. The van der Waals surface area contributed by atoms with E-state index >= 15 is 0 Å². The van der Waals surface area contributed by atoms with E-state index in [-0.39, 0.29) is 11.9 Å². The third kappa shape index (κ3) is 9.97. The van der Waals surface area contributed by atoms with Crippen molar-refractivity contribution in [3.05, 3.63) is 71.3 Å². The SMILES string of the molecule is CN=C(NCCc1ccc(NC(=O)c2ccc(C3=CCN(C(=N)N)CC3)cc2)cc1)N(C)C.O=C(O)C(F)(F)F. The molecule has 0 saturated heterocycles. The number of nitrogens with zero attached hydrogens (tertiary/aromatic N) is 3. The predicted octanol–water partition coefficient (Wildman–Crippen LogP) is 3.23. The van der Waals surface area contributed by atoms with E-state index in [0.29, 0.717) is 12.1 Å². The lowest BCUT2D eigenvalue weighted by Gasteiger charge is -2.26. The molecule has 1 aliphatic heterocycles. The highest BCUT2D eigenvalue weighted by Gasteiger charge is 2.38. The molecule has 0 spiro atoms. The monoisotopic (exact) mass is 561 g/mol. The Kier molecular flexibility index (Phi) is 11.5. The van der Waals surface area contributed by atoms with Gasteiger partial charge in [-0.3, -0.25) is 15.2 Å². The van der Waals surface area contributed by atoms with Gasteiger partial charge >= 0.3 is 12.1 Å². The van der Waals surface area contributed by atoms with Crippen LogP contribution in [0, 0.1) is 5.41 Å². The van der Waals surface area contributed by atoms with Gasteiger partial charge in [0.05, 0.1) is 0 Å². The second kappa shape index (κ2) is 14.6. The molecular weight excluding hydrogens is 527 g/mol. The number of aliphatic imine (C=N–C) groups is 1. The number of anilines is 1. The van der Waals surface area contributed by atoms with Gasteiger partial charge in [0.25, 0.3) is 5.91 Å². The van der Waals surface area contributed by atoms with Crippen molar-refractivity contribution < 1.29 is 27.9 Å². The first kappa shape index (κ1) is 31.7. The summed E-state index contributed by atoms with van der Waals surface area (Å²) < 4.78 is 31.7. The van der Waals surface area contributed by atoms with Crippen LogP contribution in [0.15, 0.2) is 59.6 Å². The minimum Gasteiger partial charge on any atom is -0.475 e. The molecule has 216 valence electrons. The van der Waals surface area contributed by atoms with Gasteiger partial charge in [-0.1, -0.05) is 30.3 Å². The van der Waals surface area contributed by atoms with Crippen LogP contribution in [0.4, 0.5) is 18.9 Å². The molecule has 13 heteroatoms. The second-order valence-corrected chi connectivity index (χ2v) is 8.96. The first-order valence-electron chi connectivity index (χ1n) is 12.3. The molecule has 0 atom stereocenters. The van der Waals surface area contributed by atoms with Crippen LogP contribution in [-0.4, -0.2) is 85.7 Å². The molecule has 1 aliphatic rings. The fourth-order valence-electron chi connectivity index (χ4n) is 3.70. The summed E-state index contributed by atoms with van der Waals surface area (Å²) in [4.78, 5) is 29.5. The molecule has 0 radical (unpaired) electrons. The van der Waals surface area contributed by atoms with Gasteiger partial charge < -0.3 is 31.3 Å². The summed E-state index contributed by atoms with van der Waals surface area (Å²) in [5.41, 5.74) is 10.4. The fourth-order valence-corrected chi connectivity index (χ4v) is 3.70. The summed E-state index contributed by atoms with van der Waals surface area (Å²) >= 11 is 0. The van der Waals surface area contributed by atoms with Gasteiger partial charge in [-0.2, -0.15) is 13.2 Å². The number of halogens is 3. The lowest BCUT2D eigenvalue weighted by Crippen LogP contribution is -2.39. The van der Waals surface area contributed by atoms with E-state index in [4.69, 9.17) is 21.0 Å². The van der Waals surface area contributed by atoms with Gasteiger partial charge in [-0.25, -0.2) is 4.79 Å². The Morgan fingerprint density at radius 2 is 1.73 bits per heavy atom. The maximum absolute atomic E-state index is 12.7. The van der Waals surface area contributed by atoms with Crippen LogP contribution in [0.25, 0.3) is 5.57 Å². The standard InChI is InChI=1S/C25H33N7O.C2HF3O2/c1-28-25(31(2)3)29-15-12-18-4-10-22(11-5-18)30-23(33)21-8-6-19(7-9-21)20-13-16-32(17-14-20)24(26)27;3-2(4,5)1(6)7/h4-11,13H,12,14-17H2,1-3H3,(H3,26,27)(H,28,29)(H,30,33);(H,6,7). The molecule has 0 aromatic heterocycles. The van der Waals surface area contributed by atoms with E-state index in [0.717, 1.165) is 43.1 Å². The zero-order valence-electron chi connectivity index (χ0n) is 22.5. The molecule has 10 nitrogen and oxygen atoms in total. The number of rotatable bonds is 6. The molecule has 0 bridgehead atoms. The fraction of sp³-hybridized carbons (Fsp3) is 0.333. The van der Waals surface area contributed by atoms with Crippen LogP contribution in [0.1, 0.15) is 27.9 Å². The lowest BCUT2D eigenvalue weighted by molar-refractivity contribution is -0.192. The largest absolute Gasteiger partial charge is 0.490 e. The van der Waals surface area contributed by atoms with E-state index in [1.54, 1.807) is 7.05 Å². The van der Waals surface area contributed by atoms with Crippen molar-refractivity contribution in [1.82, 2.24) is 15.1 Å². The molecule has 6 N–H and O–H groups in total. The maximum Gasteiger partial charge on any atom is 0.490 e. The Balaban J connectivity index is 0.000000708. The average molecular weight is 562 g/mol. The van der Waals surface area contributed by atoms with E-state index in [1.165, 1.54) is 11.1 Å². The number of aliphatic carboxylic acids is 1. The van der Waals surface area contributed by atoms with E-state index in [9.17, 15) is 18.0 Å². The van der Waals surface area contributed by atoms with Gasteiger partial charge in [-0.05, 0) is 53.8 Å². The maximum atomic E-state index is 12.7. The van der Waals surface area contributed by atoms with Crippen LogP contribution in [0.5, 0.6) is 0 Å². The Bertz CT molecular complexity index is 1230. The number of hydrogen-bond donors (Lipinski definition) is 5. The molecule has 0 aliphatic carbocycles. The number of carbonyl (C=O) groups is 2. The number of amides is 1. The number of guanidine groups is 2. The number of hydrogen-bond acceptors (Lipinski definition) is 4. The molecular formula is C27H34F3N7O3. The van der Waals surface area contributed by atoms with Crippen molar-refractivity contribution in [2.45, 2.75) is 19.0 Å². The Morgan fingerprint density at radius 1 is 1.12 bits per heavy atom. The molecule has 2 aromatic rings. The van der Waals surface area contributed by atoms with Crippen LogP contribution >= 0.6 is 0 Å². The number of carboxylic acid groups (broad SMARTS) is 1. The number of carboxylic acids is 1. The highest BCUT2D eigenvalue weighted by Crippen LogP contribution is 2.23. The molecule has 0 fully saturated rings. The molecule has 0 saturated carbocycles. The van der Waals surface area contributed by atoms with Gasteiger partial charge in [0, 0.05) is 52.0 Å². The van der Waals surface area contributed by atoms with Gasteiger partial charge in [-0.15, -0.1) is 0 Å². The zero-order chi connectivity index (χ0) is 29.9. The predicted molar refractivity (Wildman–Crippen MR) is 149 cm³/mol. The van der Waals surface area contributed by atoms with Crippen molar-refractivity contribution in [2.75, 3.05) is 46.1 Å². The summed E-state index contributed by atoms with van der Waals surface area (Å²) in [6, 6.07) is 15.5. The quantitative estimate of drug-likeness (QED) is 0.269. The Hall–Kier alpha value is -4.55. The normalized spacial score (nSPS) is 13.4. The highest BCUT2D eigenvalue weighted by atomic mass is 19.4. The number of benzene rings is 2. The van der Waals surface area contributed by atoms with Crippen LogP contribution in [-0.2, 0) is 11.2 Å². The second-order valence-electron chi connectivity index (χ2n) is 8.96. The van der Waals surface area contributed by atoms with Crippen molar-refractivity contribution >= 4 is 35.1 Å². The Morgan fingerprint density at radius 3 is 2.17 bits per heavy atom. The van der Waals surface area contributed by atoms with E-state index < -0.39 is 12.1 Å². The Labute approximate surface area is 230 Å². The van der Waals surface area contributed by atoms with Gasteiger partial charge in [0.2, 0.25) is 0 Å². The number of nitrogens with two attached hydrogens (primary N) is 1. The summed E-state index contributed by atoms with van der Waals surface area (Å²) in [5, 5.41) is 20.9. The topological polar surface area (TPSA) is 147 Å².